The topological polar surface area (TPSA) is 76.7 Å². The van der Waals surface area contributed by atoms with Crippen molar-refractivity contribution in [2.75, 3.05) is 23.8 Å². The van der Waals surface area contributed by atoms with Gasteiger partial charge in [-0.3, -0.25) is 0 Å². The first-order valence-electron chi connectivity index (χ1n) is 7.81. The molecule has 25 heavy (non-hydrogen) atoms. The van der Waals surface area contributed by atoms with Gasteiger partial charge in [0.25, 0.3) is 0 Å². The fraction of sp³-hybridized carbons (Fsp3) is 0.222. The highest BCUT2D eigenvalue weighted by Gasteiger charge is 2.13. The Morgan fingerprint density at radius 1 is 1.00 bits per heavy atom. The Morgan fingerprint density at radius 3 is 2.36 bits per heavy atom. The number of urea groups is 1. The smallest absolute Gasteiger partial charge is 0.338 e. The zero-order valence-electron chi connectivity index (χ0n) is 14.0. The van der Waals surface area contributed by atoms with Crippen LogP contribution in [0.5, 0.6) is 5.75 Å². The minimum atomic E-state index is -0.444. The molecule has 0 bridgehead atoms. The summed E-state index contributed by atoms with van der Waals surface area (Å²) in [5.74, 6) is -0.0556. The molecule has 0 aromatic heterocycles. The number of ether oxygens (including phenoxy) is 2. The molecule has 2 amide bonds. The lowest BCUT2D eigenvalue weighted by atomic mass is 10.2. The van der Waals surface area contributed by atoms with Crippen LogP contribution < -0.4 is 15.4 Å². The molecule has 7 heteroatoms. The Kier molecular flexibility index (Phi) is 6.65. The van der Waals surface area contributed by atoms with Gasteiger partial charge in [0.05, 0.1) is 24.5 Å². The van der Waals surface area contributed by atoms with Crippen molar-refractivity contribution < 1.29 is 19.1 Å². The first-order chi connectivity index (χ1) is 12.0. The molecule has 0 fully saturated rings. The van der Waals surface area contributed by atoms with Gasteiger partial charge < -0.3 is 20.1 Å². The molecule has 6 nitrogen and oxygen atoms in total. The van der Waals surface area contributed by atoms with E-state index in [4.69, 9.17) is 21.1 Å². The summed E-state index contributed by atoms with van der Waals surface area (Å²) in [5.41, 5.74) is 1.40. The Labute approximate surface area is 151 Å². The molecule has 0 atom stereocenters. The number of carbonyl (C=O) groups is 2. The molecule has 0 spiro atoms. The molecule has 0 aliphatic carbocycles. The number of nitrogens with one attached hydrogen (secondary N) is 2. The average molecular weight is 363 g/mol. The predicted molar refractivity (Wildman–Crippen MR) is 97.7 cm³/mol. The average Bonchev–Trinajstić information content (AvgIpc) is 2.59. The van der Waals surface area contributed by atoms with Crippen molar-refractivity contribution in [2.45, 2.75) is 13.8 Å². The van der Waals surface area contributed by atoms with Crippen LogP contribution >= 0.6 is 11.6 Å². The second-order valence-electron chi connectivity index (χ2n) is 4.95. The molecule has 2 N–H and O–H groups in total. The fourth-order valence-corrected chi connectivity index (χ4v) is 2.19. The van der Waals surface area contributed by atoms with Crippen LogP contribution in [0.15, 0.2) is 42.5 Å². The number of hydrogen-bond acceptors (Lipinski definition) is 4. The molecule has 0 unspecified atom stereocenters. The molecule has 0 aliphatic rings. The molecule has 0 radical (unpaired) electrons. The third-order valence-corrected chi connectivity index (χ3v) is 3.39. The number of carbonyl (C=O) groups excluding carboxylic acids is 2. The van der Waals surface area contributed by atoms with E-state index in [9.17, 15) is 9.59 Å². The SMILES string of the molecule is CCOC(=O)c1ccc(NC(=O)Nc2ccc(Cl)cc2)c(OCC)c1. The van der Waals surface area contributed by atoms with Crippen molar-refractivity contribution >= 4 is 35.0 Å². The van der Waals surface area contributed by atoms with E-state index in [1.54, 1.807) is 49.4 Å². The first kappa shape index (κ1) is 18.6. The van der Waals surface area contributed by atoms with E-state index in [1.807, 2.05) is 6.92 Å². The van der Waals surface area contributed by atoms with E-state index in [0.717, 1.165) is 0 Å². The van der Waals surface area contributed by atoms with Crippen molar-refractivity contribution in [3.05, 3.63) is 53.1 Å². The monoisotopic (exact) mass is 362 g/mol. The van der Waals surface area contributed by atoms with Crippen molar-refractivity contribution in [3.8, 4) is 5.75 Å². The Hall–Kier alpha value is -2.73. The largest absolute Gasteiger partial charge is 0.492 e. The summed E-state index contributed by atoms with van der Waals surface area (Å²) in [6.45, 7) is 4.22. The van der Waals surface area contributed by atoms with E-state index in [-0.39, 0.29) is 6.61 Å². The lowest BCUT2D eigenvalue weighted by Crippen LogP contribution is -2.20. The first-order valence-corrected chi connectivity index (χ1v) is 8.18. The zero-order valence-corrected chi connectivity index (χ0v) is 14.7. The number of halogens is 1. The highest BCUT2D eigenvalue weighted by molar-refractivity contribution is 6.30. The van der Waals surface area contributed by atoms with Crippen LogP contribution in [-0.4, -0.2) is 25.2 Å². The van der Waals surface area contributed by atoms with Crippen LogP contribution in [0.25, 0.3) is 0 Å². The van der Waals surface area contributed by atoms with Gasteiger partial charge in [0.2, 0.25) is 0 Å². The highest BCUT2D eigenvalue weighted by atomic mass is 35.5. The number of hydrogen-bond donors (Lipinski definition) is 2. The summed E-state index contributed by atoms with van der Waals surface area (Å²) in [6, 6.07) is 11.0. The maximum absolute atomic E-state index is 12.1. The second-order valence-corrected chi connectivity index (χ2v) is 5.39. The predicted octanol–water partition coefficient (Wildman–Crippen LogP) is 4.56. The maximum atomic E-state index is 12.1. The van der Waals surface area contributed by atoms with E-state index >= 15 is 0 Å². The number of esters is 1. The van der Waals surface area contributed by atoms with Gasteiger partial charge in [-0.1, -0.05) is 11.6 Å². The van der Waals surface area contributed by atoms with Gasteiger partial charge in [0.1, 0.15) is 5.75 Å². The van der Waals surface area contributed by atoms with Crippen LogP contribution in [0, 0.1) is 0 Å². The third kappa shape index (κ3) is 5.39. The Bertz CT molecular complexity index is 747. The summed E-state index contributed by atoms with van der Waals surface area (Å²) < 4.78 is 10.5. The van der Waals surface area contributed by atoms with E-state index in [1.165, 1.54) is 0 Å². The summed E-state index contributed by atoms with van der Waals surface area (Å²) in [6.07, 6.45) is 0. The minimum Gasteiger partial charge on any atom is -0.492 e. The standard InChI is InChI=1S/C18H19ClN2O4/c1-3-24-16-11-12(17(22)25-4-2)5-10-15(16)21-18(23)20-14-8-6-13(19)7-9-14/h5-11H,3-4H2,1-2H3,(H2,20,21,23). The Morgan fingerprint density at radius 2 is 1.72 bits per heavy atom. The molecule has 2 aromatic rings. The summed E-state index contributed by atoms with van der Waals surface area (Å²) >= 11 is 5.81. The van der Waals surface area contributed by atoms with Crippen LogP contribution in [-0.2, 0) is 4.74 Å². The van der Waals surface area contributed by atoms with Gasteiger partial charge in [-0.2, -0.15) is 0 Å². The van der Waals surface area contributed by atoms with Gasteiger partial charge in [-0.05, 0) is 56.3 Å². The zero-order chi connectivity index (χ0) is 18.2. The summed E-state index contributed by atoms with van der Waals surface area (Å²) in [4.78, 5) is 24.0. The van der Waals surface area contributed by atoms with Crippen molar-refractivity contribution in [2.24, 2.45) is 0 Å². The van der Waals surface area contributed by atoms with E-state index < -0.39 is 12.0 Å². The minimum absolute atomic E-state index is 0.284. The van der Waals surface area contributed by atoms with Crippen molar-refractivity contribution in [1.29, 1.82) is 0 Å². The maximum Gasteiger partial charge on any atom is 0.338 e. The molecule has 0 aliphatic heterocycles. The van der Waals surface area contributed by atoms with Crippen LogP contribution in [0.4, 0.5) is 16.2 Å². The van der Waals surface area contributed by atoms with Crippen LogP contribution in [0.2, 0.25) is 5.02 Å². The van der Waals surface area contributed by atoms with Gasteiger partial charge in [0.15, 0.2) is 0 Å². The van der Waals surface area contributed by atoms with Crippen LogP contribution in [0.1, 0.15) is 24.2 Å². The molecule has 132 valence electrons. The van der Waals surface area contributed by atoms with E-state index in [2.05, 4.69) is 10.6 Å². The Balaban J connectivity index is 2.12. The molecule has 0 saturated heterocycles. The lowest BCUT2D eigenvalue weighted by molar-refractivity contribution is 0.0526. The normalized spacial score (nSPS) is 10.0. The number of rotatable bonds is 6. The molecule has 2 rings (SSSR count). The highest BCUT2D eigenvalue weighted by Crippen LogP contribution is 2.27. The quantitative estimate of drug-likeness (QED) is 0.738. The molecule has 0 saturated carbocycles. The summed E-state index contributed by atoms with van der Waals surface area (Å²) in [7, 11) is 0. The number of anilines is 2. The molecule has 2 aromatic carbocycles. The van der Waals surface area contributed by atoms with Crippen molar-refractivity contribution in [3.63, 3.8) is 0 Å². The van der Waals surface area contributed by atoms with Crippen LogP contribution in [0.3, 0.4) is 0 Å². The fourth-order valence-electron chi connectivity index (χ4n) is 2.06. The van der Waals surface area contributed by atoms with Gasteiger partial charge in [-0.25, -0.2) is 9.59 Å². The molecular weight excluding hydrogens is 344 g/mol. The lowest BCUT2D eigenvalue weighted by Gasteiger charge is -2.13. The molecular formula is C18H19ClN2O4. The van der Waals surface area contributed by atoms with Gasteiger partial charge in [-0.15, -0.1) is 0 Å². The number of amides is 2. The third-order valence-electron chi connectivity index (χ3n) is 3.14. The number of benzene rings is 2. The molecule has 0 heterocycles. The second kappa shape index (κ2) is 8.94. The summed E-state index contributed by atoms with van der Waals surface area (Å²) in [5, 5.41) is 5.97. The van der Waals surface area contributed by atoms with E-state index in [0.29, 0.717) is 34.3 Å². The van der Waals surface area contributed by atoms with Gasteiger partial charge in [0, 0.05) is 10.7 Å². The van der Waals surface area contributed by atoms with Crippen molar-refractivity contribution in [1.82, 2.24) is 0 Å². The van der Waals surface area contributed by atoms with Gasteiger partial charge >= 0.3 is 12.0 Å².